The van der Waals surface area contributed by atoms with Gasteiger partial charge in [-0.15, -0.1) is 11.3 Å². The third kappa shape index (κ3) is 3.61. The Kier molecular flexibility index (Phi) is 5.07. The summed E-state index contributed by atoms with van der Waals surface area (Å²) in [5.41, 5.74) is 1.63. The average molecular weight is 334 g/mol. The Morgan fingerprint density at radius 3 is 3.22 bits per heavy atom. The first-order valence-corrected chi connectivity index (χ1v) is 8.92. The zero-order valence-corrected chi connectivity index (χ0v) is 14.3. The van der Waals surface area contributed by atoms with Gasteiger partial charge >= 0.3 is 0 Å². The number of carbonyl (C=O) groups excluding carboxylic acids is 1. The van der Waals surface area contributed by atoms with E-state index in [0.717, 1.165) is 36.6 Å². The highest BCUT2D eigenvalue weighted by Crippen LogP contribution is 2.27. The number of rotatable bonds is 5. The van der Waals surface area contributed by atoms with E-state index in [9.17, 15) is 4.79 Å². The van der Waals surface area contributed by atoms with Gasteiger partial charge < -0.3 is 9.64 Å². The van der Waals surface area contributed by atoms with E-state index in [4.69, 9.17) is 4.74 Å². The van der Waals surface area contributed by atoms with Gasteiger partial charge in [-0.05, 0) is 32.8 Å². The van der Waals surface area contributed by atoms with Crippen molar-refractivity contribution in [2.75, 3.05) is 19.7 Å². The van der Waals surface area contributed by atoms with Crippen molar-refractivity contribution in [3.63, 3.8) is 0 Å². The summed E-state index contributed by atoms with van der Waals surface area (Å²) in [4.78, 5) is 19.1. The van der Waals surface area contributed by atoms with Crippen LogP contribution in [0.25, 0.3) is 0 Å². The van der Waals surface area contributed by atoms with Crippen LogP contribution in [0.2, 0.25) is 0 Å². The highest BCUT2D eigenvalue weighted by Gasteiger charge is 2.27. The van der Waals surface area contributed by atoms with Crippen LogP contribution in [0.1, 0.15) is 59.9 Å². The van der Waals surface area contributed by atoms with Gasteiger partial charge in [0.15, 0.2) is 0 Å². The molecule has 0 spiro atoms. The molecule has 124 valence electrons. The predicted octanol–water partition coefficient (Wildman–Crippen LogP) is 2.98. The lowest BCUT2D eigenvalue weighted by Gasteiger charge is -2.31. The molecule has 0 unspecified atom stereocenters. The molecule has 1 aliphatic heterocycles. The molecule has 1 saturated heterocycles. The fraction of sp³-hybridized carbons (Fsp3) is 0.562. The molecular formula is C16H22N4O2S. The highest BCUT2D eigenvalue weighted by atomic mass is 32.1. The second-order valence-electron chi connectivity index (χ2n) is 5.77. The molecule has 0 aromatic carbocycles. The summed E-state index contributed by atoms with van der Waals surface area (Å²) >= 11 is 1.49. The number of aromatic amines is 1. The van der Waals surface area contributed by atoms with E-state index in [0.29, 0.717) is 18.2 Å². The van der Waals surface area contributed by atoms with Gasteiger partial charge in [0.1, 0.15) is 16.8 Å². The van der Waals surface area contributed by atoms with Gasteiger partial charge in [-0.25, -0.2) is 4.98 Å². The molecule has 7 heteroatoms. The fourth-order valence-corrected chi connectivity index (χ4v) is 3.76. The van der Waals surface area contributed by atoms with Gasteiger partial charge in [-0.3, -0.25) is 9.89 Å². The number of ether oxygens (including phenoxy) is 1. The number of likely N-dealkylation sites (tertiary alicyclic amines) is 1. The second-order valence-corrected chi connectivity index (χ2v) is 6.66. The van der Waals surface area contributed by atoms with Crippen LogP contribution in [0, 0.1) is 0 Å². The lowest BCUT2D eigenvalue weighted by atomic mass is 9.95. The van der Waals surface area contributed by atoms with Gasteiger partial charge in [0, 0.05) is 42.9 Å². The van der Waals surface area contributed by atoms with Crippen LogP contribution < -0.4 is 0 Å². The van der Waals surface area contributed by atoms with E-state index in [1.54, 1.807) is 6.20 Å². The molecule has 1 fully saturated rings. The van der Waals surface area contributed by atoms with Crippen molar-refractivity contribution >= 4 is 17.2 Å². The number of thiazole rings is 1. The fourth-order valence-electron chi connectivity index (χ4n) is 2.97. The summed E-state index contributed by atoms with van der Waals surface area (Å²) in [6.07, 6.45) is 3.78. The first-order chi connectivity index (χ1) is 11.2. The Bertz CT molecular complexity index is 640. The molecule has 23 heavy (non-hydrogen) atoms. The first-order valence-electron chi connectivity index (χ1n) is 8.04. The molecule has 0 aliphatic carbocycles. The Morgan fingerprint density at radius 2 is 2.48 bits per heavy atom. The lowest BCUT2D eigenvalue weighted by Crippen LogP contribution is -2.39. The Balaban J connectivity index is 1.68. The molecule has 0 radical (unpaired) electrons. The quantitative estimate of drug-likeness (QED) is 0.912. The summed E-state index contributed by atoms with van der Waals surface area (Å²) < 4.78 is 5.54. The monoisotopic (exact) mass is 334 g/mol. The summed E-state index contributed by atoms with van der Waals surface area (Å²) in [7, 11) is 0. The number of amides is 1. The number of aromatic nitrogens is 3. The van der Waals surface area contributed by atoms with Crippen molar-refractivity contribution in [2.45, 2.75) is 38.7 Å². The normalized spacial score (nSPS) is 19.7. The molecule has 2 aromatic rings. The predicted molar refractivity (Wildman–Crippen MR) is 88.6 cm³/mol. The third-order valence-electron chi connectivity index (χ3n) is 4.18. The van der Waals surface area contributed by atoms with Crippen LogP contribution >= 0.6 is 11.3 Å². The average Bonchev–Trinajstić information content (AvgIpc) is 3.26. The Morgan fingerprint density at radius 1 is 1.61 bits per heavy atom. The molecule has 1 aliphatic rings. The number of hydrogen-bond donors (Lipinski definition) is 1. The summed E-state index contributed by atoms with van der Waals surface area (Å²) in [5, 5.41) is 9.73. The maximum absolute atomic E-state index is 12.7. The van der Waals surface area contributed by atoms with Crippen molar-refractivity contribution < 1.29 is 9.53 Å². The Hall–Kier alpha value is -1.73. The number of H-pyrrole nitrogens is 1. The van der Waals surface area contributed by atoms with Crippen LogP contribution in [0.15, 0.2) is 17.6 Å². The van der Waals surface area contributed by atoms with E-state index < -0.39 is 0 Å². The maximum atomic E-state index is 12.7. The molecule has 1 amide bonds. The van der Waals surface area contributed by atoms with Crippen molar-refractivity contribution in [3.8, 4) is 0 Å². The van der Waals surface area contributed by atoms with Gasteiger partial charge in [0.05, 0.1) is 0 Å². The largest absolute Gasteiger partial charge is 0.372 e. The topological polar surface area (TPSA) is 71.1 Å². The SMILES string of the molecule is CCO[C@H](C)c1nc(C(=O)N2CCC[C@@H](c3ccn[nH]3)C2)cs1. The van der Waals surface area contributed by atoms with Crippen molar-refractivity contribution in [2.24, 2.45) is 0 Å². The lowest BCUT2D eigenvalue weighted by molar-refractivity contribution is 0.0691. The van der Waals surface area contributed by atoms with Crippen LogP contribution in [0.4, 0.5) is 0 Å². The highest BCUT2D eigenvalue weighted by molar-refractivity contribution is 7.09. The van der Waals surface area contributed by atoms with E-state index >= 15 is 0 Å². The van der Waals surface area contributed by atoms with Gasteiger partial charge in [-0.1, -0.05) is 0 Å². The van der Waals surface area contributed by atoms with Crippen LogP contribution in [-0.4, -0.2) is 45.7 Å². The molecule has 0 saturated carbocycles. The third-order valence-corrected chi connectivity index (χ3v) is 5.18. The molecule has 3 heterocycles. The zero-order chi connectivity index (χ0) is 16.2. The minimum Gasteiger partial charge on any atom is -0.372 e. The molecule has 2 aromatic heterocycles. The summed E-state index contributed by atoms with van der Waals surface area (Å²) in [6.45, 7) is 6.07. The standard InChI is InChI=1S/C16H22N4O2S/c1-3-22-11(2)15-18-14(10-23-15)16(21)20-8-4-5-12(9-20)13-6-7-17-19-13/h6-7,10-12H,3-5,8-9H2,1-2H3,(H,17,19)/t11-,12-/m1/s1. The second kappa shape index (κ2) is 7.23. The molecule has 0 bridgehead atoms. The van der Waals surface area contributed by atoms with E-state index in [1.165, 1.54) is 11.3 Å². The zero-order valence-electron chi connectivity index (χ0n) is 13.5. The van der Waals surface area contributed by atoms with Crippen LogP contribution in [0.3, 0.4) is 0 Å². The summed E-state index contributed by atoms with van der Waals surface area (Å²) in [6, 6.07) is 1.99. The molecular weight excluding hydrogens is 312 g/mol. The first kappa shape index (κ1) is 16.1. The van der Waals surface area contributed by atoms with Crippen LogP contribution in [0.5, 0.6) is 0 Å². The number of piperidine rings is 1. The number of nitrogens with one attached hydrogen (secondary N) is 1. The summed E-state index contributed by atoms with van der Waals surface area (Å²) in [5.74, 6) is 0.344. The van der Waals surface area contributed by atoms with Gasteiger partial charge in [-0.2, -0.15) is 5.10 Å². The van der Waals surface area contributed by atoms with Crippen molar-refractivity contribution in [3.05, 3.63) is 34.0 Å². The van der Waals surface area contributed by atoms with Crippen molar-refractivity contribution in [1.82, 2.24) is 20.1 Å². The number of nitrogens with zero attached hydrogens (tertiary/aromatic N) is 3. The Labute approximate surface area is 139 Å². The number of hydrogen-bond acceptors (Lipinski definition) is 5. The van der Waals surface area contributed by atoms with E-state index in [1.807, 2.05) is 30.2 Å². The van der Waals surface area contributed by atoms with Gasteiger partial charge in [0.2, 0.25) is 0 Å². The minimum atomic E-state index is -0.0642. The number of carbonyl (C=O) groups is 1. The molecule has 2 atom stereocenters. The van der Waals surface area contributed by atoms with Gasteiger partial charge in [0.25, 0.3) is 5.91 Å². The molecule has 3 rings (SSSR count). The van der Waals surface area contributed by atoms with Crippen molar-refractivity contribution in [1.29, 1.82) is 0 Å². The maximum Gasteiger partial charge on any atom is 0.273 e. The smallest absolute Gasteiger partial charge is 0.273 e. The molecule has 1 N–H and O–H groups in total. The van der Waals surface area contributed by atoms with Crippen LogP contribution in [-0.2, 0) is 4.74 Å². The minimum absolute atomic E-state index is 0.0143. The van der Waals surface area contributed by atoms with E-state index in [2.05, 4.69) is 15.2 Å². The van der Waals surface area contributed by atoms with E-state index in [-0.39, 0.29) is 12.0 Å². The molecule has 6 nitrogen and oxygen atoms in total.